The molecular formula is C21H16ClNO. The predicted molar refractivity (Wildman–Crippen MR) is 101 cm³/mol. The fourth-order valence-corrected chi connectivity index (χ4v) is 2.51. The van der Waals surface area contributed by atoms with Gasteiger partial charge in [0, 0.05) is 22.3 Å². The fraction of sp³-hybridized carbons (Fsp3) is 0. The Kier molecular flexibility index (Phi) is 5.09. The van der Waals surface area contributed by atoms with Gasteiger partial charge in [0.15, 0.2) is 0 Å². The molecule has 118 valence electrons. The summed E-state index contributed by atoms with van der Waals surface area (Å²) in [4.78, 5) is 12.2. The van der Waals surface area contributed by atoms with Gasteiger partial charge in [-0.25, -0.2) is 0 Å². The van der Waals surface area contributed by atoms with Gasteiger partial charge in [0.25, 0.3) is 0 Å². The van der Waals surface area contributed by atoms with Crippen LogP contribution in [0.15, 0.2) is 84.9 Å². The number of carbonyl (C=O) groups is 1. The molecule has 0 aliphatic carbocycles. The minimum atomic E-state index is -0.173. The molecule has 0 spiro atoms. The van der Waals surface area contributed by atoms with Gasteiger partial charge in [0.05, 0.1) is 0 Å². The van der Waals surface area contributed by atoms with Crippen molar-refractivity contribution < 1.29 is 4.79 Å². The molecule has 0 saturated heterocycles. The van der Waals surface area contributed by atoms with E-state index in [2.05, 4.69) is 5.32 Å². The monoisotopic (exact) mass is 333 g/mol. The van der Waals surface area contributed by atoms with Gasteiger partial charge < -0.3 is 5.32 Å². The molecule has 0 unspecified atom stereocenters. The van der Waals surface area contributed by atoms with Crippen LogP contribution in [0.5, 0.6) is 0 Å². The van der Waals surface area contributed by atoms with Crippen LogP contribution < -0.4 is 5.32 Å². The molecule has 3 heteroatoms. The number of anilines is 1. The van der Waals surface area contributed by atoms with Crippen LogP contribution in [0.4, 0.5) is 5.69 Å². The summed E-state index contributed by atoms with van der Waals surface area (Å²) in [7, 11) is 0. The molecular weight excluding hydrogens is 318 g/mol. The van der Waals surface area contributed by atoms with Crippen LogP contribution in [0.25, 0.3) is 17.2 Å². The van der Waals surface area contributed by atoms with E-state index in [9.17, 15) is 4.79 Å². The predicted octanol–water partition coefficient (Wildman–Crippen LogP) is 5.66. The normalized spacial score (nSPS) is 10.7. The van der Waals surface area contributed by atoms with Crippen molar-refractivity contribution in [2.24, 2.45) is 0 Å². The fourth-order valence-electron chi connectivity index (χ4n) is 2.38. The quantitative estimate of drug-likeness (QED) is 0.613. The van der Waals surface area contributed by atoms with Crippen LogP contribution >= 0.6 is 11.6 Å². The molecule has 0 radical (unpaired) electrons. The molecule has 0 aliphatic heterocycles. The summed E-state index contributed by atoms with van der Waals surface area (Å²) in [6, 6.07) is 25.1. The third-order valence-electron chi connectivity index (χ3n) is 3.57. The average molecular weight is 334 g/mol. The Morgan fingerprint density at radius 2 is 1.50 bits per heavy atom. The molecule has 3 aromatic carbocycles. The minimum Gasteiger partial charge on any atom is -0.322 e. The van der Waals surface area contributed by atoms with Crippen LogP contribution in [0, 0.1) is 0 Å². The number of benzene rings is 3. The summed E-state index contributed by atoms with van der Waals surface area (Å²) in [5.41, 5.74) is 3.77. The van der Waals surface area contributed by atoms with Gasteiger partial charge in [-0.3, -0.25) is 4.79 Å². The van der Waals surface area contributed by atoms with Crippen LogP contribution in [-0.4, -0.2) is 5.91 Å². The minimum absolute atomic E-state index is 0.173. The molecule has 0 saturated carbocycles. The second-order valence-corrected chi connectivity index (χ2v) is 5.72. The Bertz CT molecular complexity index is 855. The van der Waals surface area contributed by atoms with E-state index in [-0.39, 0.29) is 5.91 Å². The molecule has 0 aliphatic rings. The highest BCUT2D eigenvalue weighted by Crippen LogP contribution is 2.27. The van der Waals surface area contributed by atoms with Gasteiger partial charge in [0.1, 0.15) is 0 Å². The molecule has 1 N–H and O–H groups in total. The number of carbonyl (C=O) groups excluding carboxylic acids is 1. The second-order valence-electron chi connectivity index (χ2n) is 5.29. The van der Waals surface area contributed by atoms with Gasteiger partial charge in [-0.2, -0.15) is 0 Å². The first-order valence-electron chi connectivity index (χ1n) is 7.61. The Balaban J connectivity index is 1.76. The zero-order valence-electron chi connectivity index (χ0n) is 12.9. The average Bonchev–Trinajstić information content (AvgIpc) is 2.62. The van der Waals surface area contributed by atoms with Gasteiger partial charge in [0.2, 0.25) is 5.91 Å². The largest absolute Gasteiger partial charge is 0.322 e. The van der Waals surface area contributed by atoms with Gasteiger partial charge in [-0.1, -0.05) is 72.3 Å². The van der Waals surface area contributed by atoms with E-state index in [1.807, 2.05) is 66.7 Å². The summed E-state index contributed by atoms with van der Waals surface area (Å²) < 4.78 is 0. The summed E-state index contributed by atoms with van der Waals surface area (Å²) in [5, 5.41) is 3.61. The lowest BCUT2D eigenvalue weighted by Gasteiger charge is -2.10. The SMILES string of the molecule is O=C(C=Cc1ccc(Cl)cc1)Nc1ccccc1-c1ccccc1. The smallest absolute Gasteiger partial charge is 0.248 e. The number of amides is 1. The van der Waals surface area contributed by atoms with Crippen molar-refractivity contribution in [3.05, 3.63) is 95.5 Å². The second kappa shape index (κ2) is 7.62. The molecule has 2 nitrogen and oxygen atoms in total. The summed E-state index contributed by atoms with van der Waals surface area (Å²) in [6.45, 7) is 0. The zero-order chi connectivity index (χ0) is 16.8. The maximum atomic E-state index is 12.2. The molecule has 24 heavy (non-hydrogen) atoms. The van der Waals surface area contributed by atoms with E-state index in [4.69, 9.17) is 11.6 Å². The van der Waals surface area contributed by atoms with Crippen LogP contribution in [0.2, 0.25) is 5.02 Å². The maximum absolute atomic E-state index is 12.2. The number of para-hydroxylation sites is 1. The standard InChI is InChI=1S/C21H16ClNO/c22-18-13-10-16(11-14-18)12-15-21(24)23-20-9-5-4-8-19(20)17-6-2-1-3-7-17/h1-15H,(H,23,24). The molecule has 0 atom stereocenters. The first kappa shape index (κ1) is 16.0. The Hall–Kier alpha value is -2.84. The van der Waals surface area contributed by atoms with E-state index < -0.39 is 0 Å². The third-order valence-corrected chi connectivity index (χ3v) is 3.82. The van der Waals surface area contributed by atoms with Crippen molar-refractivity contribution in [2.75, 3.05) is 5.32 Å². The van der Waals surface area contributed by atoms with Gasteiger partial charge in [-0.15, -0.1) is 0 Å². The van der Waals surface area contributed by atoms with E-state index >= 15 is 0 Å². The molecule has 0 aromatic heterocycles. The van der Waals surface area contributed by atoms with Gasteiger partial charge in [-0.05, 0) is 35.4 Å². The lowest BCUT2D eigenvalue weighted by molar-refractivity contribution is -0.111. The third kappa shape index (κ3) is 4.12. The summed E-state index contributed by atoms with van der Waals surface area (Å²) >= 11 is 5.85. The number of halogens is 1. The number of rotatable bonds is 4. The molecule has 3 aromatic rings. The van der Waals surface area contributed by atoms with Crippen LogP contribution in [0.3, 0.4) is 0 Å². The van der Waals surface area contributed by atoms with Crippen molar-refractivity contribution in [3.63, 3.8) is 0 Å². The topological polar surface area (TPSA) is 29.1 Å². The van der Waals surface area contributed by atoms with E-state index in [0.29, 0.717) is 5.02 Å². The van der Waals surface area contributed by atoms with E-state index in [1.54, 1.807) is 18.2 Å². The van der Waals surface area contributed by atoms with Crippen molar-refractivity contribution in [3.8, 4) is 11.1 Å². The van der Waals surface area contributed by atoms with Crippen molar-refractivity contribution >= 4 is 29.3 Å². The van der Waals surface area contributed by atoms with Crippen molar-refractivity contribution in [1.29, 1.82) is 0 Å². The Morgan fingerprint density at radius 1 is 0.833 bits per heavy atom. The highest BCUT2D eigenvalue weighted by atomic mass is 35.5. The van der Waals surface area contributed by atoms with Crippen molar-refractivity contribution in [1.82, 2.24) is 0 Å². The lowest BCUT2D eigenvalue weighted by Crippen LogP contribution is -2.08. The van der Waals surface area contributed by atoms with E-state index in [1.165, 1.54) is 6.08 Å². The Labute approximate surface area is 146 Å². The molecule has 1 amide bonds. The summed E-state index contributed by atoms with van der Waals surface area (Å²) in [6.07, 6.45) is 3.28. The first-order chi connectivity index (χ1) is 11.7. The molecule has 0 heterocycles. The van der Waals surface area contributed by atoms with Crippen LogP contribution in [-0.2, 0) is 4.79 Å². The zero-order valence-corrected chi connectivity index (χ0v) is 13.7. The highest BCUT2D eigenvalue weighted by molar-refractivity contribution is 6.30. The lowest BCUT2D eigenvalue weighted by atomic mass is 10.0. The van der Waals surface area contributed by atoms with Crippen molar-refractivity contribution in [2.45, 2.75) is 0 Å². The number of hydrogen-bond donors (Lipinski definition) is 1. The van der Waals surface area contributed by atoms with Crippen LogP contribution in [0.1, 0.15) is 5.56 Å². The molecule has 0 fully saturated rings. The first-order valence-corrected chi connectivity index (χ1v) is 7.99. The highest BCUT2D eigenvalue weighted by Gasteiger charge is 2.06. The molecule has 3 rings (SSSR count). The van der Waals surface area contributed by atoms with E-state index in [0.717, 1.165) is 22.4 Å². The van der Waals surface area contributed by atoms with Gasteiger partial charge >= 0.3 is 0 Å². The summed E-state index contributed by atoms with van der Waals surface area (Å²) in [5.74, 6) is -0.173. The Morgan fingerprint density at radius 3 is 2.25 bits per heavy atom. The maximum Gasteiger partial charge on any atom is 0.248 e. The number of nitrogens with one attached hydrogen (secondary N) is 1. The molecule has 0 bridgehead atoms. The number of hydrogen-bond acceptors (Lipinski definition) is 1.